The van der Waals surface area contributed by atoms with Gasteiger partial charge in [-0.2, -0.15) is 0 Å². The molecule has 3 heteroatoms. The zero-order valence-electron chi connectivity index (χ0n) is 7.25. The molecule has 1 amide bonds. The van der Waals surface area contributed by atoms with E-state index in [4.69, 9.17) is 11.6 Å². The predicted molar refractivity (Wildman–Crippen MR) is 54.6 cm³/mol. The van der Waals surface area contributed by atoms with Crippen molar-refractivity contribution in [2.75, 3.05) is 7.05 Å². The van der Waals surface area contributed by atoms with Crippen LogP contribution >= 0.6 is 11.6 Å². The standard InChI is InChI=1S/C10H10ClNO/c1-12-10(13)7-4-8-2-5-9(11)6-3-8/h2-7H,1H3,(H,12,13)/b7-4+. The molecule has 0 radical (unpaired) electrons. The second-order valence-corrected chi connectivity index (χ2v) is 2.94. The van der Waals surface area contributed by atoms with E-state index in [0.717, 1.165) is 5.56 Å². The molecule has 1 aromatic carbocycles. The van der Waals surface area contributed by atoms with Gasteiger partial charge in [0, 0.05) is 18.1 Å². The lowest BCUT2D eigenvalue weighted by molar-refractivity contribution is -0.115. The van der Waals surface area contributed by atoms with Crippen molar-refractivity contribution in [3.8, 4) is 0 Å². The average molecular weight is 196 g/mol. The summed E-state index contributed by atoms with van der Waals surface area (Å²) in [7, 11) is 1.59. The Morgan fingerprint density at radius 2 is 2.00 bits per heavy atom. The molecule has 1 N–H and O–H groups in total. The second-order valence-electron chi connectivity index (χ2n) is 2.50. The minimum absolute atomic E-state index is 0.116. The summed E-state index contributed by atoms with van der Waals surface area (Å²) in [5.41, 5.74) is 0.952. The van der Waals surface area contributed by atoms with E-state index in [-0.39, 0.29) is 5.91 Å². The average Bonchev–Trinajstić information content (AvgIpc) is 2.16. The van der Waals surface area contributed by atoms with Crippen molar-refractivity contribution < 1.29 is 4.79 Å². The van der Waals surface area contributed by atoms with Crippen LogP contribution in [0.1, 0.15) is 5.56 Å². The van der Waals surface area contributed by atoms with Crippen LogP contribution < -0.4 is 5.32 Å². The molecule has 1 aromatic rings. The number of hydrogen-bond acceptors (Lipinski definition) is 1. The SMILES string of the molecule is CNC(=O)/C=C/c1ccc(Cl)cc1. The fourth-order valence-electron chi connectivity index (χ4n) is 0.829. The van der Waals surface area contributed by atoms with Crippen molar-refractivity contribution in [3.05, 3.63) is 40.9 Å². The van der Waals surface area contributed by atoms with Gasteiger partial charge in [0.2, 0.25) is 5.91 Å². The molecule has 13 heavy (non-hydrogen) atoms. The molecular weight excluding hydrogens is 186 g/mol. The van der Waals surface area contributed by atoms with E-state index >= 15 is 0 Å². The Morgan fingerprint density at radius 1 is 1.38 bits per heavy atom. The molecule has 2 nitrogen and oxygen atoms in total. The molecule has 0 aromatic heterocycles. The van der Waals surface area contributed by atoms with Crippen molar-refractivity contribution in [2.24, 2.45) is 0 Å². The van der Waals surface area contributed by atoms with E-state index in [0.29, 0.717) is 5.02 Å². The Kier molecular flexibility index (Phi) is 3.53. The molecule has 0 bridgehead atoms. The summed E-state index contributed by atoms with van der Waals surface area (Å²) < 4.78 is 0. The summed E-state index contributed by atoms with van der Waals surface area (Å²) in [5.74, 6) is -0.116. The number of likely N-dealkylation sites (N-methyl/N-ethyl adjacent to an activating group) is 1. The van der Waals surface area contributed by atoms with Gasteiger partial charge in [0.25, 0.3) is 0 Å². The van der Waals surface area contributed by atoms with Crippen LogP contribution in [-0.2, 0) is 4.79 Å². The molecule has 0 saturated heterocycles. The first kappa shape index (κ1) is 9.81. The Morgan fingerprint density at radius 3 is 2.54 bits per heavy atom. The number of carbonyl (C=O) groups excluding carboxylic acids is 1. The quantitative estimate of drug-likeness (QED) is 0.720. The first-order valence-electron chi connectivity index (χ1n) is 3.88. The third-order valence-corrected chi connectivity index (χ3v) is 1.80. The molecule has 68 valence electrons. The molecule has 0 unspecified atom stereocenters. The van der Waals surface area contributed by atoms with Gasteiger partial charge >= 0.3 is 0 Å². The van der Waals surface area contributed by atoms with E-state index in [2.05, 4.69) is 5.32 Å². The molecule has 0 spiro atoms. The molecular formula is C10H10ClNO. The van der Waals surface area contributed by atoms with Crippen molar-refractivity contribution in [1.82, 2.24) is 5.32 Å². The van der Waals surface area contributed by atoms with Crippen LogP contribution in [0.5, 0.6) is 0 Å². The summed E-state index contributed by atoms with van der Waals surface area (Å²) in [6.07, 6.45) is 3.21. The van der Waals surface area contributed by atoms with Crippen LogP contribution in [0.2, 0.25) is 5.02 Å². The number of rotatable bonds is 2. The minimum Gasteiger partial charge on any atom is -0.356 e. The van der Waals surface area contributed by atoms with Gasteiger partial charge in [0.15, 0.2) is 0 Å². The highest BCUT2D eigenvalue weighted by atomic mass is 35.5. The highest BCUT2D eigenvalue weighted by molar-refractivity contribution is 6.30. The van der Waals surface area contributed by atoms with E-state index in [9.17, 15) is 4.79 Å². The molecule has 0 fully saturated rings. The first-order chi connectivity index (χ1) is 6.22. The van der Waals surface area contributed by atoms with Crippen molar-refractivity contribution in [1.29, 1.82) is 0 Å². The third-order valence-electron chi connectivity index (χ3n) is 1.54. The number of carbonyl (C=O) groups is 1. The van der Waals surface area contributed by atoms with Crippen molar-refractivity contribution in [2.45, 2.75) is 0 Å². The summed E-state index contributed by atoms with van der Waals surface area (Å²) in [4.78, 5) is 10.8. The molecule has 1 rings (SSSR count). The maximum Gasteiger partial charge on any atom is 0.243 e. The van der Waals surface area contributed by atoms with Crippen molar-refractivity contribution in [3.63, 3.8) is 0 Å². The normalized spacial score (nSPS) is 10.3. The second kappa shape index (κ2) is 4.67. The van der Waals surface area contributed by atoms with Crippen LogP contribution in [-0.4, -0.2) is 13.0 Å². The largest absolute Gasteiger partial charge is 0.356 e. The maximum absolute atomic E-state index is 10.8. The van der Waals surface area contributed by atoms with E-state index in [1.165, 1.54) is 6.08 Å². The Hall–Kier alpha value is -1.28. The van der Waals surface area contributed by atoms with Gasteiger partial charge in [-0.15, -0.1) is 0 Å². The van der Waals surface area contributed by atoms with Crippen LogP contribution in [0, 0.1) is 0 Å². The molecule has 0 aliphatic carbocycles. The van der Waals surface area contributed by atoms with Gasteiger partial charge < -0.3 is 5.32 Å². The van der Waals surface area contributed by atoms with Gasteiger partial charge in [-0.1, -0.05) is 23.7 Å². The lowest BCUT2D eigenvalue weighted by Crippen LogP contribution is -2.13. The molecule has 0 heterocycles. The Labute approximate surface area is 82.2 Å². The van der Waals surface area contributed by atoms with Gasteiger partial charge in [0.05, 0.1) is 0 Å². The third kappa shape index (κ3) is 3.30. The fraction of sp³-hybridized carbons (Fsp3) is 0.100. The number of halogens is 1. The van der Waals surface area contributed by atoms with Gasteiger partial charge in [0.1, 0.15) is 0 Å². The molecule has 0 aliphatic rings. The summed E-state index contributed by atoms with van der Waals surface area (Å²) in [6.45, 7) is 0. The Balaban J connectivity index is 2.69. The van der Waals surface area contributed by atoms with Gasteiger partial charge in [-0.05, 0) is 23.8 Å². The number of nitrogens with one attached hydrogen (secondary N) is 1. The number of hydrogen-bond donors (Lipinski definition) is 1. The summed E-state index contributed by atoms with van der Waals surface area (Å²) in [6, 6.07) is 7.26. The highest BCUT2D eigenvalue weighted by Crippen LogP contribution is 2.10. The van der Waals surface area contributed by atoms with Crippen LogP contribution in [0.4, 0.5) is 0 Å². The molecule has 0 atom stereocenters. The predicted octanol–water partition coefficient (Wildman–Crippen LogP) is 2.10. The zero-order chi connectivity index (χ0) is 9.68. The summed E-state index contributed by atoms with van der Waals surface area (Å²) >= 11 is 5.70. The lowest BCUT2D eigenvalue weighted by atomic mass is 10.2. The maximum atomic E-state index is 10.8. The van der Waals surface area contributed by atoms with Crippen LogP contribution in [0.15, 0.2) is 30.3 Å². The molecule has 0 aliphatic heterocycles. The van der Waals surface area contributed by atoms with Crippen LogP contribution in [0.25, 0.3) is 6.08 Å². The van der Waals surface area contributed by atoms with Gasteiger partial charge in [-0.25, -0.2) is 0 Å². The van der Waals surface area contributed by atoms with E-state index in [1.54, 1.807) is 25.3 Å². The monoisotopic (exact) mass is 195 g/mol. The number of amides is 1. The fourth-order valence-corrected chi connectivity index (χ4v) is 0.955. The van der Waals surface area contributed by atoms with Gasteiger partial charge in [-0.3, -0.25) is 4.79 Å². The van der Waals surface area contributed by atoms with E-state index in [1.807, 2.05) is 12.1 Å². The first-order valence-corrected chi connectivity index (χ1v) is 4.25. The summed E-state index contributed by atoms with van der Waals surface area (Å²) in [5, 5.41) is 3.19. The number of benzene rings is 1. The molecule has 0 saturated carbocycles. The van der Waals surface area contributed by atoms with E-state index < -0.39 is 0 Å². The zero-order valence-corrected chi connectivity index (χ0v) is 8.01. The smallest absolute Gasteiger partial charge is 0.243 e. The van der Waals surface area contributed by atoms with Crippen LogP contribution in [0.3, 0.4) is 0 Å². The van der Waals surface area contributed by atoms with Crippen molar-refractivity contribution >= 4 is 23.6 Å². The topological polar surface area (TPSA) is 29.1 Å². The highest BCUT2D eigenvalue weighted by Gasteiger charge is 1.90. The minimum atomic E-state index is -0.116. The Bertz CT molecular complexity index is 316. The lowest BCUT2D eigenvalue weighted by Gasteiger charge is -1.93.